The third-order valence-electron chi connectivity index (χ3n) is 4.00. The Balaban J connectivity index is 2.36. The second-order valence-electron chi connectivity index (χ2n) is 4.95. The van der Waals surface area contributed by atoms with Crippen LogP contribution in [0.2, 0.25) is 0 Å². The van der Waals surface area contributed by atoms with Gasteiger partial charge in [0.2, 0.25) is 11.8 Å². The number of nitrogens with one attached hydrogen (secondary N) is 1. The van der Waals surface area contributed by atoms with Crippen molar-refractivity contribution in [3.05, 3.63) is 58.6 Å². The van der Waals surface area contributed by atoms with Crippen LogP contribution in [0.15, 0.2) is 35.9 Å². The lowest BCUT2D eigenvalue weighted by Gasteiger charge is -2.36. The summed E-state index contributed by atoms with van der Waals surface area (Å²) in [7, 11) is 0. The lowest BCUT2D eigenvalue weighted by atomic mass is 9.67. The zero-order valence-corrected chi connectivity index (χ0v) is 11.7. The van der Waals surface area contributed by atoms with Crippen molar-refractivity contribution in [2.75, 3.05) is 0 Å². The van der Waals surface area contributed by atoms with Crippen LogP contribution in [0.5, 0.6) is 5.88 Å². The van der Waals surface area contributed by atoms with Crippen molar-refractivity contribution in [2.24, 2.45) is 5.73 Å². The molecule has 1 unspecified atom stereocenters. The lowest BCUT2D eigenvalue weighted by Crippen LogP contribution is -2.36. The van der Waals surface area contributed by atoms with E-state index in [1.807, 2.05) is 13.0 Å². The zero-order chi connectivity index (χ0) is 15.9. The first-order valence-corrected chi connectivity index (χ1v) is 6.62. The van der Waals surface area contributed by atoms with E-state index in [4.69, 9.17) is 10.5 Å². The minimum atomic E-state index is -1.03. The quantitative estimate of drug-likeness (QED) is 0.892. The molecule has 1 aliphatic heterocycles. The van der Waals surface area contributed by atoms with E-state index in [-0.39, 0.29) is 11.5 Å². The van der Waals surface area contributed by atoms with Crippen molar-refractivity contribution in [3.63, 3.8) is 0 Å². The number of hydrogen-bond donors (Lipinski definition) is 2. The molecule has 1 aromatic carbocycles. The summed E-state index contributed by atoms with van der Waals surface area (Å²) in [5, 5.41) is 16.1. The Morgan fingerprint density at radius 1 is 1.41 bits per heavy atom. The van der Waals surface area contributed by atoms with E-state index in [1.165, 1.54) is 12.3 Å². The number of H-pyrrole nitrogens is 1. The first kappa shape index (κ1) is 14.1. The van der Waals surface area contributed by atoms with E-state index in [0.717, 1.165) is 12.1 Å². The molecule has 0 saturated carbocycles. The molecule has 22 heavy (non-hydrogen) atoms. The van der Waals surface area contributed by atoms with Gasteiger partial charge in [-0.1, -0.05) is 13.0 Å². The Bertz CT molecular complexity index is 821. The Morgan fingerprint density at radius 2 is 2.18 bits per heavy atom. The number of aromatic nitrogens is 2. The molecular formula is C15H12F2N4O. The number of nitrogens with zero attached hydrogens (tertiary/aromatic N) is 2. The summed E-state index contributed by atoms with van der Waals surface area (Å²) in [5.74, 6) is -1.73. The van der Waals surface area contributed by atoms with Gasteiger partial charge in [0.05, 0.1) is 17.2 Å². The third-order valence-corrected chi connectivity index (χ3v) is 4.00. The average Bonchev–Trinajstić information content (AvgIpc) is 2.97. The normalized spacial score (nSPS) is 20.3. The van der Waals surface area contributed by atoms with Crippen LogP contribution in [0, 0.1) is 23.0 Å². The standard InChI is InChI=1S/C15H12F2N4O/c1-2-15(8-3-4-11(16)12(17)5-8)9(6-18)13(19)22-14-10(15)7-20-21-14/h3-5,7H,2,19H2,1H3,(H,20,21). The molecule has 3 rings (SSSR count). The van der Waals surface area contributed by atoms with E-state index in [2.05, 4.69) is 10.2 Å². The number of rotatable bonds is 2. The molecule has 0 amide bonds. The maximum absolute atomic E-state index is 13.7. The molecule has 1 aliphatic rings. The molecule has 7 heteroatoms. The SMILES string of the molecule is CCC1(c2ccc(F)c(F)c2)C(C#N)=C(N)Oc2[nH]ncc21. The first-order valence-electron chi connectivity index (χ1n) is 6.62. The van der Waals surface area contributed by atoms with Gasteiger partial charge >= 0.3 is 0 Å². The van der Waals surface area contributed by atoms with Crippen LogP contribution >= 0.6 is 0 Å². The molecule has 5 nitrogen and oxygen atoms in total. The first-order chi connectivity index (χ1) is 10.5. The molecule has 0 fully saturated rings. The van der Waals surface area contributed by atoms with Gasteiger partial charge < -0.3 is 10.5 Å². The van der Waals surface area contributed by atoms with Crippen molar-refractivity contribution >= 4 is 0 Å². The summed E-state index contributed by atoms with van der Waals surface area (Å²) in [5.41, 5.74) is 5.93. The van der Waals surface area contributed by atoms with Crippen LogP contribution in [0.25, 0.3) is 0 Å². The van der Waals surface area contributed by atoms with E-state index in [0.29, 0.717) is 23.4 Å². The predicted molar refractivity (Wildman–Crippen MR) is 73.5 cm³/mol. The largest absolute Gasteiger partial charge is 0.422 e. The van der Waals surface area contributed by atoms with Crippen LogP contribution in [0.4, 0.5) is 8.78 Å². The van der Waals surface area contributed by atoms with Gasteiger partial charge in [-0.25, -0.2) is 13.9 Å². The van der Waals surface area contributed by atoms with Gasteiger partial charge in [-0.2, -0.15) is 10.4 Å². The minimum Gasteiger partial charge on any atom is -0.422 e. The maximum Gasteiger partial charge on any atom is 0.221 e. The van der Waals surface area contributed by atoms with Crippen LogP contribution < -0.4 is 10.5 Å². The number of fused-ring (bicyclic) bond motifs is 1. The summed E-state index contributed by atoms with van der Waals surface area (Å²) in [4.78, 5) is 0. The average molecular weight is 302 g/mol. The van der Waals surface area contributed by atoms with Crippen molar-refractivity contribution in [2.45, 2.75) is 18.8 Å². The van der Waals surface area contributed by atoms with E-state index >= 15 is 0 Å². The summed E-state index contributed by atoms with van der Waals surface area (Å²) in [6.45, 7) is 1.83. The van der Waals surface area contributed by atoms with Crippen LogP contribution in [-0.4, -0.2) is 10.2 Å². The molecule has 0 saturated heterocycles. The smallest absolute Gasteiger partial charge is 0.221 e. The van der Waals surface area contributed by atoms with Crippen LogP contribution in [-0.2, 0) is 5.41 Å². The van der Waals surface area contributed by atoms with Crippen molar-refractivity contribution in [1.82, 2.24) is 10.2 Å². The second kappa shape index (κ2) is 4.84. The minimum absolute atomic E-state index is 0.0779. The van der Waals surface area contributed by atoms with Gasteiger partial charge in [-0.05, 0) is 24.1 Å². The number of hydrogen-bond acceptors (Lipinski definition) is 4. The molecule has 0 bridgehead atoms. The second-order valence-corrected chi connectivity index (χ2v) is 4.95. The van der Waals surface area contributed by atoms with Gasteiger partial charge in [-0.3, -0.25) is 0 Å². The van der Waals surface area contributed by atoms with Gasteiger partial charge in [0.25, 0.3) is 0 Å². The molecule has 0 radical (unpaired) electrons. The highest BCUT2D eigenvalue weighted by Gasteiger charge is 2.46. The molecule has 2 heterocycles. The van der Waals surface area contributed by atoms with Gasteiger partial charge in [0.15, 0.2) is 11.6 Å². The monoisotopic (exact) mass is 302 g/mol. The molecule has 1 atom stereocenters. The number of nitrogens with two attached hydrogens (primary N) is 1. The van der Waals surface area contributed by atoms with E-state index in [1.54, 1.807) is 0 Å². The van der Waals surface area contributed by atoms with E-state index < -0.39 is 17.0 Å². The lowest BCUT2D eigenvalue weighted by molar-refractivity contribution is 0.352. The fourth-order valence-corrected chi connectivity index (χ4v) is 2.95. The summed E-state index contributed by atoms with van der Waals surface area (Å²) < 4.78 is 32.3. The number of halogens is 2. The molecular weight excluding hydrogens is 290 g/mol. The molecule has 0 aliphatic carbocycles. The summed E-state index contributed by atoms with van der Waals surface area (Å²) >= 11 is 0. The highest BCUT2D eigenvalue weighted by atomic mass is 19.2. The molecule has 1 aromatic heterocycles. The molecule has 112 valence electrons. The Kier molecular flexibility index (Phi) is 3.10. The Morgan fingerprint density at radius 3 is 2.82 bits per heavy atom. The van der Waals surface area contributed by atoms with Crippen molar-refractivity contribution < 1.29 is 13.5 Å². The number of aromatic amines is 1. The Hall–Kier alpha value is -2.88. The fraction of sp³-hybridized carbons (Fsp3) is 0.200. The topological polar surface area (TPSA) is 87.7 Å². The zero-order valence-electron chi connectivity index (χ0n) is 11.7. The van der Waals surface area contributed by atoms with Crippen molar-refractivity contribution in [3.8, 4) is 11.9 Å². The van der Waals surface area contributed by atoms with E-state index in [9.17, 15) is 14.0 Å². The van der Waals surface area contributed by atoms with Gasteiger partial charge in [0, 0.05) is 0 Å². The summed E-state index contributed by atoms with van der Waals surface area (Å²) in [6.07, 6.45) is 1.90. The highest BCUT2D eigenvalue weighted by molar-refractivity contribution is 5.58. The number of ether oxygens (including phenoxy) is 1. The summed E-state index contributed by atoms with van der Waals surface area (Å²) in [6, 6.07) is 5.57. The molecule has 2 aromatic rings. The highest BCUT2D eigenvalue weighted by Crippen LogP contribution is 2.48. The van der Waals surface area contributed by atoms with Crippen molar-refractivity contribution in [1.29, 1.82) is 5.26 Å². The molecule has 0 spiro atoms. The van der Waals surface area contributed by atoms with Gasteiger partial charge in [0.1, 0.15) is 11.6 Å². The Labute approximate surface area is 125 Å². The van der Waals surface area contributed by atoms with Crippen LogP contribution in [0.3, 0.4) is 0 Å². The maximum atomic E-state index is 13.7. The number of benzene rings is 1. The van der Waals surface area contributed by atoms with Crippen LogP contribution in [0.1, 0.15) is 24.5 Å². The third kappa shape index (κ3) is 1.70. The predicted octanol–water partition coefficient (Wildman–Crippen LogP) is 2.47. The number of nitriles is 1. The number of allylic oxidation sites excluding steroid dienone is 1. The molecule has 3 N–H and O–H groups in total. The van der Waals surface area contributed by atoms with Gasteiger partial charge in [-0.15, -0.1) is 0 Å². The fourth-order valence-electron chi connectivity index (χ4n) is 2.95.